The molecule has 1 amide bonds. The number of carboxylic acids is 1. The van der Waals surface area contributed by atoms with Crippen LogP contribution in [0.2, 0.25) is 0 Å². The minimum atomic E-state index is -1.02. The molecule has 2 aromatic carbocycles. The van der Waals surface area contributed by atoms with Gasteiger partial charge in [-0.05, 0) is 17.2 Å². The van der Waals surface area contributed by atoms with Gasteiger partial charge in [-0.1, -0.05) is 48.5 Å². The third-order valence-corrected chi connectivity index (χ3v) is 3.72. The zero-order valence-electron chi connectivity index (χ0n) is 13.6. The first kappa shape index (κ1) is 17.7. The van der Waals surface area contributed by atoms with Gasteiger partial charge in [0.05, 0.1) is 18.6 Å². The fourth-order valence-electron chi connectivity index (χ4n) is 2.46. The van der Waals surface area contributed by atoms with Gasteiger partial charge >= 0.3 is 5.97 Å². The molecule has 2 rings (SSSR count). The van der Waals surface area contributed by atoms with Gasteiger partial charge in [0, 0.05) is 20.2 Å². The van der Waals surface area contributed by atoms with E-state index in [1.165, 1.54) is 6.07 Å². The molecular weight excluding hydrogens is 306 g/mol. The number of benzene rings is 2. The lowest BCUT2D eigenvalue weighted by atomic mass is 10.0. The lowest BCUT2D eigenvalue weighted by Crippen LogP contribution is -2.34. The van der Waals surface area contributed by atoms with Gasteiger partial charge in [-0.2, -0.15) is 0 Å². The van der Waals surface area contributed by atoms with Gasteiger partial charge in [0.2, 0.25) is 5.91 Å². The van der Waals surface area contributed by atoms with E-state index >= 15 is 0 Å². The number of hydrogen-bond acceptors (Lipinski definition) is 3. The number of amides is 1. The summed E-state index contributed by atoms with van der Waals surface area (Å²) in [4.78, 5) is 25.7. The van der Waals surface area contributed by atoms with Crippen LogP contribution in [0.15, 0.2) is 54.6 Å². The molecular formula is C19H21NO4. The summed E-state index contributed by atoms with van der Waals surface area (Å²) in [6.07, 6.45) is 0.0546. The Balaban J connectivity index is 2.14. The maximum absolute atomic E-state index is 12.7. The fraction of sp³-hybridized carbons (Fsp3) is 0.263. The molecule has 0 bridgehead atoms. The lowest BCUT2D eigenvalue weighted by Gasteiger charge is -2.23. The maximum atomic E-state index is 12.7. The number of ether oxygens (including phenoxy) is 1. The largest absolute Gasteiger partial charge is 0.478 e. The van der Waals surface area contributed by atoms with Gasteiger partial charge in [0.25, 0.3) is 0 Å². The van der Waals surface area contributed by atoms with Crippen LogP contribution >= 0.6 is 0 Å². The quantitative estimate of drug-likeness (QED) is 0.809. The van der Waals surface area contributed by atoms with Crippen LogP contribution < -0.4 is 0 Å². The smallest absolute Gasteiger partial charge is 0.335 e. The van der Waals surface area contributed by atoms with Crippen molar-refractivity contribution in [2.75, 3.05) is 20.3 Å². The predicted molar refractivity (Wildman–Crippen MR) is 90.8 cm³/mol. The Kier molecular flexibility index (Phi) is 6.51. The molecule has 5 nitrogen and oxygen atoms in total. The second-order valence-electron chi connectivity index (χ2n) is 5.43. The van der Waals surface area contributed by atoms with Crippen molar-refractivity contribution in [2.45, 2.75) is 13.0 Å². The molecule has 0 radical (unpaired) electrons. The molecule has 5 heteroatoms. The summed E-state index contributed by atoms with van der Waals surface area (Å²) in [5.41, 5.74) is 1.70. The van der Waals surface area contributed by atoms with E-state index in [2.05, 4.69) is 0 Å². The molecule has 0 saturated heterocycles. The minimum Gasteiger partial charge on any atom is -0.478 e. The summed E-state index contributed by atoms with van der Waals surface area (Å²) in [6.45, 7) is 1.36. The van der Waals surface area contributed by atoms with Crippen molar-refractivity contribution in [3.8, 4) is 0 Å². The first-order chi connectivity index (χ1) is 11.6. The number of nitrogens with zero attached hydrogens (tertiary/aromatic N) is 1. The SMILES string of the molecule is COCCN(Cc1ccccc1)C(=O)Cc1ccccc1C(=O)O. The van der Waals surface area contributed by atoms with Crippen LogP contribution in [0.5, 0.6) is 0 Å². The summed E-state index contributed by atoms with van der Waals surface area (Å²) in [7, 11) is 1.59. The standard InChI is InChI=1S/C19H21NO4/c1-24-12-11-20(14-15-7-3-2-4-8-15)18(21)13-16-9-5-6-10-17(16)19(22)23/h2-10H,11-14H2,1H3,(H,22,23). The second kappa shape index (κ2) is 8.84. The fourth-order valence-corrected chi connectivity index (χ4v) is 2.46. The van der Waals surface area contributed by atoms with Crippen molar-refractivity contribution < 1.29 is 19.4 Å². The third-order valence-electron chi connectivity index (χ3n) is 3.72. The highest BCUT2D eigenvalue weighted by atomic mass is 16.5. The van der Waals surface area contributed by atoms with E-state index in [4.69, 9.17) is 4.74 Å². The predicted octanol–water partition coefficient (Wildman–Crippen LogP) is 2.60. The zero-order valence-corrected chi connectivity index (χ0v) is 13.6. The monoisotopic (exact) mass is 327 g/mol. The molecule has 24 heavy (non-hydrogen) atoms. The Morgan fingerprint density at radius 3 is 2.38 bits per heavy atom. The van der Waals surface area contributed by atoms with Crippen LogP contribution in [0.3, 0.4) is 0 Å². The molecule has 0 aliphatic carbocycles. The number of hydrogen-bond donors (Lipinski definition) is 1. The minimum absolute atomic E-state index is 0.0546. The highest BCUT2D eigenvalue weighted by Crippen LogP contribution is 2.13. The molecule has 0 unspecified atom stereocenters. The lowest BCUT2D eigenvalue weighted by molar-refractivity contribution is -0.131. The van der Waals surface area contributed by atoms with E-state index in [0.29, 0.717) is 25.3 Å². The van der Waals surface area contributed by atoms with E-state index in [-0.39, 0.29) is 17.9 Å². The second-order valence-corrected chi connectivity index (χ2v) is 5.43. The van der Waals surface area contributed by atoms with Gasteiger partial charge in [-0.15, -0.1) is 0 Å². The molecule has 0 aliphatic rings. The number of methoxy groups -OCH3 is 1. The van der Waals surface area contributed by atoms with Crippen molar-refractivity contribution in [2.24, 2.45) is 0 Å². The number of carboxylic acid groups (broad SMARTS) is 1. The Labute approximate surface area is 141 Å². The Bertz CT molecular complexity index is 685. The summed E-state index contributed by atoms with van der Waals surface area (Å²) in [6, 6.07) is 16.3. The van der Waals surface area contributed by atoms with Crippen LogP contribution in [-0.4, -0.2) is 42.1 Å². The average molecular weight is 327 g/mol. The molecule has 1 N–H and O–H groups in total. The molecule has 0 aromatic heterocycles. The highest BCUT2D eigenvalue weighted by Gasteiger charge is 2.18. The van der Waals surface area contributed by atoms with Crippen LogP contribution in [0.4, 0.5) is 0 Å². The number of carbonyl (C=O) groups is 2. The normalized spacial score (nSPS) is 10.4. The van der Waals surface area contributed by atoms with Crippen molar-refractivity contribution in [1.29, 1.82) is 0 Å². The Hall–Kier alpha value is -2.66. The van der Waals surface area contributed by atoms with E-state index < -0.39 is 5.97 Å². The summed E-state index contributed by atoms with van der Waals surface area (Å²) in [5.74, 6) is -1.14. The molecule has 0 atom stereocenters. The van der Waals surface area contributed by atoms with E-state index in [1.54, 1.807) is 30.2 Å². The van der Waals surface area contributed by atoms with Crippen molar-refractivity contribution in [3.63, 3.8) is 0 Å². The van der Waals surface area contributed by atoms with Crippen LogP contribution in [0.25, 0.3) is 0 Å². The van der Waals surface area contributed by atoms with Crippen molar-refractivity contribution >= 4 is 11.9 Å². The first-order valence-electron chi connectivity index (χ1n) is 7.73. The summed E-state index contributed by atoms with van der Waals surface area (Å²) >= 11 is 0. The van der Waals surface area contributed by atoms with E-state index in [1.807, 2.05) is 30.3 Å². The highest BCUT2D eigenvalue weighted by molar-refractivity contribution is 5.91. The van der Waals surface area contributed by atoms with Crippen LogP contribution in [0, 0.1) is 0 Å². The average Bonchev–Trinajstić information content (AvgIpc) is 2.59. The van der Waals surface area contributed by atoms with Crippen molar-refractivity contribution in [3.05, 3.63) is 71.3 Å². The first-order valence-corrected chi connectivity index (χ1v) is 7.73. The molecule has 2 aromatic rings. The molecule has 126 valence electrons. The van der Waals surface area contributed by atoms with Gasteiger partial charge in [0.15, 0.2) is 0 Å². The summed E-state index contributed by atoms with van der Waals surface area (Å²) in [5, 5.41) is 9.25. The number of carbonyl (C=O) groups excluding carboxylic acids is 1. The van der Waals surface area contributed by atoms with Crippen LogP contribution in [-0.2, 0) is 22.5 Å². The Morgan fingerprint density at radius 2 is 1.71 bits per heavy atom. The van der Waals surface area contributed by atoms with E-state index in [9.17, 15) is 14.7 Å². The van der Waals surface area contributed by atoms with Gasteiger partial charge in [-0.3, -0.25) is 4.79 Å². The van der Waals surface area contributed by atoms with Crippen LogP contribution in [0.1, 0.15) is 21.5 Å². The van der Waals surface area contributed by atoms with Gasteiger partial charge in [-0.25, -0.2) is 4.79 Å². The number of aromatic carboxylic acids is 1. The third kappa shape index (κ3) is 4.93. The van der Waals surface area contributed by atoms with E-state index in [0.717, 1.165) is 5.56 Å². The molecule has 0 fully saturated rings. The molecule has 0 heterocycles. The molecule has 0 aliphatic heterocycles. The molecule has 0 spiro atoms. The topological polar surface area (TPSA) is 66.8 Å². The van der Waals surface area contributed by atoms with Crippen molar-refractivity contribution in [1.82, 2.24) is 4.90 Å². The maximum Gasteiger partial charge on any atom is 0.335 e. The zero-order chi connectivity index (χ0) is 17.4. The van der Waals surface area contributed by atoms with Gasteiger partial charge < -0.3 is 14.7 Å². The van der Waals surface area contributed by atoms with Gasteiger partial charge in [0.1, 0.15) is 0 Å². The molecule has 0 saturated carbocycles. The summed E-state index contributed by atoms with van der Waals surface area (Å²) < 4.78 is 5.08. The number of rotatable bonds is 8. The Morgan fingerprint density at radius 1 is 1.04 bits per heavy atom.